The lowest BCUT2D eigenvalue weighted by Gasteiger charge is -2.19. The highest BCUT2D eigenvalue weighted by molar-refractivity contribution is 5.96. The van der Waals surface area contributed by atoms with Crippen molar-refractivity contribution in [2.24, 2.45) is 0 Å². The molecular weight excluding hydrogens is 426 g/mol. The predicted octanol–water partition coefficient (Wildman–Crippen LogP) is 5.26. The summed E-state index contributed by atoms with van der Waals surface area (Å²) in [5.41, 5.74) is 5.30. The number of amides is 1. The number of hydrogen-bond acceptors (Lipinski definition) is 4. The van der Waals surface area contributed by atoms with E-state index in [0.717, 1.165) is 45.2 Å². The fourth-order valence-corrected chi connectivity index (χ4v) is 4.80. The zero-order valence-corrected chi connectivity index (χ0v) is 19.8. The Morgan fingerprint density at radius 3 is 2.41 bits per heavy atom. The summed E-state index contributed by atoms with van der Waals surface area (Å²) in [7, 11) is 1.65. The minimum absolute atomic E-state index is 0.0294. The number of imidazole rings is 1. The predicted molar refractivity (Wildman–Crippen MR) is 134 cm³/mol. The van der Waals surface area contributed by atoms with Crippen molar-refractivity contribution >= 4 is 22.6 Å². The van der Waals surface area contributed by atoms with Gasteiger partial charge in [0.05, 0.1) is 24.7 Å². The molecule has 0 radical (unpaired) electrons. The number of carbonyl (C=O) groups is 1. The largest absolute Gasteiger partial charge is 0.497 e. The van der Waals surface area contributed by atoms with Crippen molar-refractivity contribution < 1.29 is 14.3 Å². The number of rotatable bonds is 7. The third-order valence-electron chi connectivity index (χ3n) is 6.34. The number of carbonyl (C=O) groups excluding carboxylic acids is 1. The fourth-order valence-electron chi connectivity index (χ4n) is 4.80. The summed E-state index contributed by atoms with van der Waals surface area (Å²) < 4.78 is 13.4. The molecular formula is C28H29N3O3. The molecule has 1 unspecified atom stereocenters. The molecule has 5 rings (SSSR count). The first kappa shape index (κ1) is 22.0. The van der Waals surface area contributed by atoms with Crippen molar-refractivity contribution in [3.8, 4) is 11.5 Å². The topological polar surface area (TPSA) is 56.6 Å². The highest BCUT2D eigenvalue weighted by Gasteiger charge is 2.35. The Morgan fingerprint density at radius 2 is 1.68 bits per heavy atom. The molecule has 0 spiro atoms. The zero-order valence-electron chi connectivity index (χ0n) is 19.8. The lowest BCUT2D eigenvalue weighted by Crippen LogP contribution is -2.25. The van der Waals surface area contributed by atoms with Gasteiger partial charge in [-0.05, 0) is 73.5 Å². The van der Waals surface area contributed by atoms with Gasteiger partial charge in [-0.1, -0.05) is 18.2 Å². The average molecular weight is 456 g/mol. The zero-order chi connectivity index (χ0) is 23.7. The maximum absolute atomic E-state index is 13.0. The minimum Gasteiger partial charge on any atom is -0.497 e. The van der Waals surface area contributed by atoms with Gasteiger partial charge in [0.15, 0.2) is 0 Å². The maximum Gasteiger partial charge on any atom is 0.227 e. The molecule has 34 heavy (non-hydrogen) atoms. The number of para-hydroxylation sites is 2. The molecule has 1 fully saturated rings. The van der Waals surface area contributed by atoms with Crippen LogP contribution >= 0.6 is 0 Å². The van der Waals surface area contributed by atoms with Crippen LogP contribution in [0.2, 0.25) is 0 Å². The number of nitrogens with zero attached hydrogens (tertiary/aromatic N) is 3. The SMILES string of the molecule is COc1ccc(OCCn2c(C3CC(=O)N(c4cc(C)cc(C)c4)C3)nc3ccccc32)cc1. The molecule has 0 aliphatic carbocycles. The quantitative estimate of drug-likeness (QED) is 0.381. The van der Waals surface area contributed by atoms with Crippen molar-refractivity contribution in [3.63, 3.8) is 0 Å². The second-order valence-electron chi connectivity index (χ2n) is 8.89. The van der Waals surface area contributed by atoms with E-state index in [9.17, 15) is 4.79 Å². The van der Waals surface area contributed by atoms with Gasteiger partial charge >= 0.3 is 0 Å². The molecule has 0 saturated carbocycles. The Bertz CT molecular complexity index is 1310. The van der Waals surface area contributed by atoms with E-state index >= 15 is 0 Å². The summed E-state index contributed by atoms with van der Waals surface area (Å²) in [5.74, 6) is 2.71. The summed E-state index contributed by atoms with van der Waals surface area (Å²) >= 11 is 0. The van der Waals surface area contributed by atoms with Gasteiger partial charge in [-0.15, -0.1) is 0 Å². The van der Waals surface area contributed by atoms with Crippen LogP contribution in [0.5, 0.6) is 11.5 Å². The van der Waals surface area contributed by atoms with Crippen LogP contribution in [0, 0.1) is 13.8 Å². The summed E-state index contributed by atoms with van der Waals surface area (Å²) in [6.45, 7) is 5.91. The van der Waals surface area contributed by atoms with Crippen molar-refractivity contribution in [3.05, 3.63) is 83.7 Å². The Balaban J connectivity index is 1.38. The second-order valence-corrected chi connectivity index (χ2v) is 8.89. The molecule has 1 aliphatic rings. The lowest BCUT2D eigenvalue weighted by molar-refractivity contribution is -0.117. The Kier molecular flexibility index (Phi) is 5.97. The third-order valence-corrected chi connectivity index (χ3v) is 6.34. The normalized spacial score (nSPS) is 15.8. The molecule has 174 valence electrons. The number of ether oxygens (including phenoxy) is 2. The van der Waals surface area contributed by atoms with Crippen LogP contribution in [0.25, 0.3) is 11.0 Å². The van der Waals surface area contributed by atoms with Gasteiger partial charge in [0.2, 0.25) is 5.91 Å². The molecule has 1 saturated heterocycles. The number of aryl methyl sites for hydroxylation is 2. The number of fused-ring (bicyclic) bond motifs is 1. The van der Waals surface area contributed by atoms with Gasteiger partial charge in [-0.3, -0.25) is 4.79 Å². The Morgan fingerprint density at radius 1 is 0.971 bits per heavy atom. The van der Waals surface area contributed by atoms with Crippen LogP contribution in [0.3, 0.4) is 0 Å². The molecule has 1 aliphatic heterocycles. The van der Waals surface area contributed by atoms with Gasteiger partial charge in [0.25, 0.3) is 0 Å². The molecule has 6 nitrogen and oxygen atoms in total. The number of aromatic nitrogens is 2. The summed E-state index contributed by atoms with van der Waals surface area (Å²) in [6, 6.07) is 22.0. The smallest absolute Gasteiger partial charge is 0.227 e. The van der Waals surface area contributed by atoms with Crippen LogP contribution in [0.1, 0.15) is 29.3 Å². The first-order valence-electron chi connectivity index (χ1n) is 11.6. The Hall–Kier alpha value is -3.80. The molecule has 0 N–H and O–H groups in total. The molecule has 4 aromatic rings. The monoisotopic (exact) mass is 455 g/mol. The van der Waals surface area contributed by atoms with E-state index < -0.39 is 0 Å². The summed E-state index contributed by atoms with van der Waals surface area (Å²) in [4.78, 5) is 19.9. The second kappa shape index (κ2) is 9.21. The fraction of sp³-hybridized carbons (Fsp3) is 0.286. The molecule has 1 atom stereocenters. The van der Waals surface area contributed by atoms with Gasteiger partial charge in [0.1, 0.15) is 23.9 Å². The van der Waals surface area contributed by atoms with E-state index in [2.05, 4.69) is 42.7 Å². The Labute approximate surface area is 199 Å². The van der Waals surface area contributed by atoms with E-state index in [1.807, 2.05) is 47.4 Å². The number of anilines is 1. The van der Waals surface area contributed by atoms with Crippen LogP contribution in [0.15, 0.2) is 66.7 Å². The average Bonchev–Trinajstić information content (AvgIpc) is 3.39. The van der Waals surface area contributed by atoms with E-state index in [1.165, 1.54) is 0 Å². The molecule has 0 bridgehead atoms. The van der Waals surface area contributed by atoms with Crippen LogP contribution in [-0.4, -0.2) is 35.7 Å². The van der Waals surface area contributed by atoms with Crippen molar-refractivity contribution in [1.82, 2.24) is 9.55 Å². The summed E-state index contributed by atoms with van der Waals surface area (Å²) in [5, 5.41) is 0. The summed E-state index contributed by atoms with van der Waals surface area (Å²) in [6.07, 6.45) is 0.454. The maximum atomic E-state index is 13.0. The molecule has 1 amide bonds. The third kappa shape index (κ3) is 4.36. The molecule has 2 heterocycles. The molecule has 6 heteroatoms. The molecule has 1 aromatic heterocycles. The van der Waals surface area contributed by atoms with Gasteiger partial charge in [-0.25, -0.2) is 4.98 Å². The van der Waals surface area contributed by atoms with Gasteiger partial charge in [0, 0.05) is 24.6 Å². The lowest BCUT2D eigenvalue weighted by atomic mass is 10.1. The van der Waals surface area contributed by atoms with Crippen LogP contribution < -0.4 is 14.4 Å². The standard InChI is InChI=1S/C28H29N3O3/c1-19-14-20(2)16-22(15-19)31-18-21(17-27(31)32)28-29-25-6-4-5-7-26(25)30(28)12-13-34-24-10-8-23(33-3)9-11-24/h4-11,14-16,21H,12-13,17-18H2,1-3H3. The van der Waals surface area contributed by atoms with Crippen molar-refractivity contribution in [1.29, 1.82) is 0 Å². The van der Waals surface area contributed by atoms with Gasteiger partial charge in [-0.2, -0.15) is 0 Å². The minimum atomic E-state index is 0.0294. The van der Waals surface area contributed by atoms with Crippen LogP contribution in [0.4, 0.5) is 5.69 Å². The number of methoxy groups -OCH3 is 1. The molecule has 3 aromatic carbocycles. The van der Waals surface area contributed by atoms with E-state index in [-0.39, 0.29) is 11.8 Å². The van der Waals surface area contributed by atoms with E-state index in [1.54, 1.807) is 7.11 Å². The number of hydrogen-bond donors (Lipinski definition) is 0. The first-order chi connectivity index (χ1) is 16.5. The highest BCUT2D eigenvalue weighted by Crippen LogP contribution is 2.34. The van der Waals surface area contributed by atoms with Crippen molar-refractivity contribution in [2.45, 2.75) is 32.7 Å². The highest BCUT2D eigenvalue weighted by atomic mass is 16.5. The van der Waals surface area contributed by atoms with E-state index in [4.69, 9.17) is 14.5 Å². The van der Waals surface area contributed by atoms with Gasteiger partial charge < -0.3 is 18.9 Å². The van der Waals surface area contributed by atoms with Crippen molar-refractivity contribution in [2.75, 3.05) is 25.2 Å². The van der Waals surface area contributed by atoms with Crippen LogP contribution in [-0.2, 0) is 11.3 Å². The number of benzene rings is 3. The first-order valence-corrected chi connectivity index (χ1v) is 11.6. The van der Waals surface area contributed by atoms with E-state index in [0.29, 0.717) is 26.1 Å².